The van der Waals surface area contributed by atoms with Crippen LogP contribution in [-0.2, 0) is 0 Å². The summed E-state index contributed by atoms with van der Waals surface area (Å²) in [6.45, 7) is 1.59. The molecule has 1 atom stereocenters. The summed E-state index contributed by atoms with van der Waals surface area (Å²) in [4.78, 5) is 0. The maximum absolute atomic E-state index is 13.9. The summed E-state index contributed by atoms with van der Waals surface area (Å²) in [5.41, 5.74) is 0.334. The van der Waals surface area contributed by atoms with Gasteiger partial charge < -0.3 is 0 Å². The molecule has 0 radical (unpaired) electrons. The van der Waals surface area contributed by atoms with Gasteiger partial charge in [0.25, 0.3) is 0 Å². The lowest BCUT2D eigenvalue weighted by Gasteiger charge is -2.23. The molecule has 0 aliphatic carbocycles. The molecule has 2 aromatic carbocycles. The van der Waals surface area contributed by atoms with Crippen molar-refractivity contribution in [3.05, 3.63) is 65.9 Å². The average Bonchev–Trinajstić information content (AvgIpc) is 2.93. The number of hydrogen-bond donors (Lipinski definition) is 0. The van der Waals surface area contributed by atoms with Crippen LogP contribution in [0.4, 0.5) is 27.6 Å². The first kappa shape index (κ1) is 17.3. The fourth-order valence-electron chi connectivity index (χ4n) is 2.69. The minimum atomic E-state index is -4.58. The number of quaternary nitrogens is 1. The topological polar surface area (TPSA) is 12.4 Å². The van der Waals surface area contributed by atoms with E-state index in [1.807, 2.05) is 0 Å². The Labute approximate surface area is 141 Å². The third-order valence-electron chi connectivity index (χ3n) is 4.06. The maximum atomic E-state index is 13.9. The van der Waals surface area contributed by atoms with Crippen molar-refractivity contribution in [1.82, 2.24) is 4.59 Å². The number of hydrogen-bond acceptors (Lipinski definition) is 1. The van der Waals surface area contributed by atoms with Gasteiger partial charge in [0.05, 0.1) is 0 Å². The molecule has 0 amide bonds. The van der Waals surface area contributed by atoms with Crippen molar-refractivity contribution in [1.29, 1.82) is 0 Å². The van der Waals surface area contributed by atoms with Gasteiger partial charge in [-0.05, 0) is 36.2 Å². The first-order valence-electron chi connectivity index (χ1n) is 7.40. The molecular formula is C18H14F5N2+. The van der Waals surface area contributed by atoms with Gasteiger partial charge in [0.2, 0.25) is 5.71 Å². The first-order chi connectivity index (χ1) is 11.6. The first-order valence-corrected chi connectivity index (χ1v) is 7.40. The summed E-state index contributed by atoms with van der Waals surface area (Å²) in [5, 5.41) is 3.72. The number of rotatable bonds is 2. The van der Waals surface area contributed by atoms with Gasteiger partial charge in [-0.25, -0.2) is 8.78 Å². The second-order valence-electron chi connectivity index (χ2n) is 5.95. The minimum absolute atomic E-state index is 0.276. The van der Waals surface area contributed by atoms with E-state index in [1.165, 1.54) is 31.4 Å². The molecule has 0 saturated carbocycles. The zero-order valence-electron chi connectivity index (χ0n) is 13.4. The number of halogens is 5. The van der Waals surface area contributed by atoms with Gasteiger partial charge in [-0.1, -0.05) is 17.2 Å². The molecule has 7 heteroatoms. The van der Waals surface area contributed by atoms with E-state index in [0.717, 1.165) is 18.2 Å². The molecule has 3 rings (SSSR count). The highest BCUT2D eigenvalue weighted by atomic mass is 19.4. The van der Waals surface area contributed by atoms with E-state index in [1.54, 1.807) is 13.0 Å². The highest BCUT2D eigenvalue weighted by molar-refractivity contribution is 6.01. The van der Waals surface area contributed by atoms with Crippen LogP contribution in [-0.4, -0.2) is 18.9 Å². The number of benzene rings is 2. The van der Waals surface area contributed by atoms with E-state index >= 15 is 0 Å². The molecule has 1 heterocycles. The number of aryl methyl sites for hydroxylation is 1. The van der Waals surface area contributed by atoms with Crippen LogP contribution >= 0.6 is 0 Å². The van der Waals surface area contributed by atoms with Crippen LogP contribution in [0.2, 0.25) is 0 Å². The van der Waals surface area contributed by atoms with Crippen LogP contribution < -0.4 is 4.59 Å². The van der Waals surface area contributed by atoms with E-state index in [4.69, 9.17) is 0 Å². The van der Waals surface area contributed by atoms with Crippen LogP contribution in [0.3, 0.4) is 0 Å². The minimum Gasteiger partial charge on any atom is -0.207 e. The van der Waals surface area contributed by atoms with Crippen molar-refractivity contribution in [2.75, 3.05) is 7.05 Å². The molecule has 0 saturated heterocycles. The Morgan fingerprint density at radius 2 is 1.72 bits per heavy atom. The molecule has 0 bridgehead atoms. The molecule has 130 valence electrons. The van der Waals surface area contributed by atoms with Crippen molar-refractivity contribution < 1.29 is 22.0 Å². The molecule has 0 aromatic heterocycles. The van der Waals surface area contributed by atoms with Crippen molar-refractivity contribution in [3.8, 4) is 11.1 Å². The Kier molecular flexibility index (Phi) is 3.99. The Bertz CT molecular complexity index is 899. The number of alkyl halides is 3. The third-order valence-corrected chi connectivity index (χ3v) is 4.06. The molecule has 0 fully saturated rings. The van der Waals surface area contributed by atoms with E-state index in [9.17, 15) is 22.0 Å². The SMILES string of the molecule is Cc1ccc(-c2cc(F)ccc2[N+]2(C)C=CC(C(F)(F)F)=N2)cc1F. The van der Waals surface area contributed by atoms with Crippen LogP contribution in [0.1, 0.15) is 5.56 Å². The van der Waals surface area contributed by atoms with E-state index < -0.39 is 28.1 Å². The molecule has 1 aliphatic heterocycles. The fraction of sp³-hybridized carbons (Fsp3) is 0.167. The maximum Gasteiger partial charge on any atom is 0.438 e. The lowest BCUT2D eigenvalue weighted by Crippen LogP contribution is -2.32. The second-order valence-corrected chi connectivity index (χ2v) is 5.95. The number of allylic oxidation sites excluding steroid dienone is 1. The molecule has 1 unspecified atom stereocenters. The molecular weight excluding hydrogens is 339 g/mol. The lowest BCUT2D eigenvalue weighted by atomic mass is 10.0. The van der Waals surface area contributed by atoms with Gasteiger partial charge in [-0.3, -0.25) is 0 Å². The Balaban J connectivity index is 2.17. The van der Waals surface area contributed by atoms with E-state index in [-0.39, 0.29) is 5.56 Å². The molecule has 2 nitrogen and oxygen atoms in total. The summed E-state index contributed by atoms with van der Waals surface area (Å²) < 4.78 is 65.8. The second kappa shape index (κ2) is 5.77. The summed E-state index contributed by atoms with van der Waals surface area (Å²) in [7, 11) is 1.44. The van der Waals surface area contributed by atoms with Gasteiger partial charge in [0.1, 0.15) is 24.9 Å². The standard InChI is InChI=1S/C18H14F5N2/c1-11-3-4-12(9-15(11)20)14-10-13(19)5-6-16(14)25(2)8-7-17(24-25)18(21,22)23/h3-10H,1-2H3/q+1. The zero-order valence-corrected chi connectivity index (χ0v) is 13.4. The summed E-state index contributed by atoms with van der Waals surface area (Å²) in [6, 6.07) is 8.02. The van der Waals surface area contributed by atoms with Crippen molar-refractivity contribution in [2.45, 2.75) is 13.1 Å². The highest BCUT2D eigenvalue weighted by Crippen LogP contribution is 2.39. The Hall–Kier alpha value is -2.54. The third kappa shape index (κ3) is 3.19. The van der Waals surface area contributed by atoms with Gasteiger partial charge in [0, 0.05) is 17.7 Å². The predicted molar refractivity (Wildman–Crippen MR) is 86.9 cm³/mol. The normalized spacial score (nSPS) is 20.0. The van der Waals surface area contributed by atoms with Crippen LogP contribution in [0.15, 0.2) is 53.8 Å². The zero-order chi connectivity index (χ0) is 18.4. The summed E-state index contributed by atoms with van der Waals surface area (Å²) in [5.74, 6) is -1.05. The molecule has 2 aromatic rings. The Morgan fingerprint density at radius 3 is 2.32 bits per heavy atom. The Morgan fingerprint density at radius 1 is 1.00 bits per heavy atom. The largest absolute Gasteiger partial charge is 0.438 e. The van der Waals surface area contributed by atoms with Crippen molar-refractivity contribution >= 4 is 11.4 Å². The molecule has 25 heavy (non-hydrogen) atoms. The van der Waals surface area contributed by atoms with E-state index in [2.05, 4.69) is 5.10 Å². The van der Waals surface area contributed by atoms with Gasteiger partial charge >= 0.3 is 6.18 Å². The van der Waals surface area contributed by atoms with Crippen molar-refractivity contribution in [2.24, 2.45) is 5.10 Å². The van der Waals surface area contributed by atoms with Gasteiger partial charge in [-0.15, -0.1) is 4.59 Å². The summed E-state index contributed by atoms with van der Waals surface area (Å²) in [6.07, 6.45) is -2.45. The van der Waals surface area contributed by atoms with Gasteiger partial charge in [0.15, 0.2) is 5.69 Å². The summed E-state index contributed by atoms with van der Waals surface area (Å²) >= 11 is 0. The van der Waals surface area contributed by atoms with Crippen molar-refractivity contribution in [3.63, 3.8) is 0 Å². The van der Waals surface area contributed by atoms with Crippen LogP contribution in [0.5, 0.6) is 0 Å². The fourth-order valence-corrected chi connectivity index (χ4v) is 2.69. The van der Waals surface area contributed by atoms with E-state index in [0.29, 0.717) is 16.8 Å². The molecule has 0 N–H and O–H groups in total. The molecule has 0 spiro atoms. The monoisotopic (exact) mass is 353 g/mol. The number of nitrogens with zero attached hydrogens (tertiary/aromatic N) is 2. The molecule has 1 aliphatic rings. The van der Waals surface area contributed by atoms with Crippen LogP contribution in [0.25, 0.3) is 11.1 Å². The smallest absolute Gasteiger partial charge is 0.207 e. The lowest BCUT2D eigenvalue weighted by molar-refractivity contribution is -0.0581. The predicted octanol–water partition coefficient (Wildman–Crippen LogP) is 5.32. The van der Waals surface area contributed by atoms with Crippen LogP contribution in [0, 0.1) is 18.6 Å². The van der Waals surface area contributed by atoms with Gasteiger partial charge in [-0.2, -0.15) is 13.2 Å². The highest BCUT2D eigenvalue weighted by Gasteiger charge is 2.43. The quantitative estimate of drug-likeness (QED) is 0.512. The average molecular weight is 353 g/mol.